The summed E-state index contributed by atoms with van der Waals surface area (Å²) in [5.41, 5.74) is 2.40. The van der Waals surface area contributed by atoms with Crippen LogP contribution in [0.15, 0.2) is 0 Å². The number of hydrogen-bond donors (Lipinski definition) is 3. The molecule has 0 aliphatic heterocycles. The SMILES string of the molecule is CCCOc1nc(NN)nc(NCCN(C)CCOC)n1. The fraction of sp³-hybridized carbons (Fsp3) is 0.750. The second-order valence-corrected chi connectivity index (χ2v) is 4.48. The van der Waals surface area contributed by atoms with Crippen molar-refractivity contribution in [2.45, 2.75) is 13.3 Å². The lowest BCUT2D eigenvalue weighted by molar-refractivity contribution is 0.163. The predicted molar refractivity (Wildman–Crippen MR) is 81.3 cm³/mol. The van der Waals surface area contributed by atoms with Crippen molar-refractivity contribution in [1.29, 1.82) is 0 Å². The zero-order valence-electron chi connectivity index (χ0n) is 12.9. The van der Waals surface area contributed by atoms with Crippen molar-refractivity contribution in [1.82, 2.24) is 19.9 Å². The highest BCUT2D eigenvalue weighted by molar-refractivity contribution is 5.34. The molecule has 1 aromatic rings. The van der Waals surface area contributed by atoms with Crippen LogP contribution < -0.4 is 21.3 Å². The van der Waals surface area contributed by atoms with Crippen LogP contribution in [0.4, 0.5) is 11.9 Å². The fourth-order valence-electron chi connectivity index (χ4n) is 1.48. The number of nitrogens with zero attached hydrogens (tertiary/aromatic N) is 4. The van der Waals surface area contributed by atoms with Crippen LogP contribution in [0, 0.1) is 0 Å². The smallest absolute Gasteiger partial charge is 0.323 e. The first kappa shape index (κ1) is 17.3. The van der Waals surface area contributed by atoms with Crippen molar-refractivity contribution in [2.24, 2.45) is 5.84 Å². The molecule has 0 aliphatic rings. The summed E-state index contributed by atoms with van der Waals surface area (Å²) in [6.07, 6.45) is 0.879. The Balaban J connectivity index is 2.49. The van der Waals surface area contributed by atoms with Gasteiger partial charge in [-0.25, -0.2) is 5.84 Å². The minimum atomic E-state index is 0.259. The molecule has 0 aromatic carbocycles. The summed E-state index contributed by atoms with van der Waals surface area (Å²) in [7, 11) is 3.72. The Morgan fingerprint density at radius 3 is 2.57 bits per heavy atom. The minimum absolute atomic E-state index is 0.259. The number of methoxy groups -OCH3 is 1. The number of nitrogens with two attached hydrogens (primary N) is 1. The van der Waals surface area contributed by atoms with E-state index in [9.17, 15) is 0 Å². The van der Waals surface area contributed by atoms with Gasteiger partial charge in [0.1, 0.15) is 0 Å². The number of nitrogens with one attached hydrogen (secondary N) is 2. The number of hydrazine groups is 1. The third kappa shape index (κ3) is 7.02. The van der Waals surface area contributed by atoms with Crippen LogP contribution in [-0.4, -0.2) is 66.9 Å². The lowest BCUT2D eigenvalue weighted by Gasteiger charge is -2.16. The first-order chi connectivity index (χ1) is 10.2. The molecule has 0 spiro atoms. The van der Waals surface area contributed by atoms with Crippen LogP contribution in [0.25, 0.3) is 0 Å². The Morgan fingerprint density at radius 2 is 1.90 bits per heavy atom. The first-order valence-corrected chi connectivity index (χ1v) is 6.96. The van der Waals surface area contributed by atoms with Crippen LogP contribution in [-0.2, 0) is 4.74 Å². The van der Waals surface area contributed by atoms with E-state index in [2.05, 4.69) is 30.6 Å². The van der Waals surface area contributed by atoms with Gasteiger partial charge in [0.2, 0.25) is 11.9 Å². The molecule has 9 nitrogen and oxygen atoms in total. The highest BCUT2D eigenvalue weighted by Gasteiger charge is 2.06. The molecule has 120 valence electrons. The summed E-state index contributed by atoms with van der Waals surface area (Å²) in [5, 5.41) is 3.12. The summed E-state index contributed by atoms with van der Waals surface area (Å²) in [5.74, 6) is 6.04. The second-order valence-electron chi connectivity index (χ2n) is 4.48. The quantitative estimate of drug-likeness (QED) is 0.382. The van der Waals surface area contributed by atoms with Gasteiger partial charge in [-0.2, -0.15) is 15.0 Å². The number of aromatic nitrogens is 3. The highest BCUT2D eigenvalue weighted by Crippen LogP contribution is 2.10. The molecular formula is C12H25N7O2. The monoisotopic (exact) mass is 299 g/mol. The molecule has 9 heteroatoms. The Hall–Kier alpha value is -1.71. The number of nitrogen functional groups attached to an aromatic ring is 1. The van der Waals surface area contributed by atoms with Gasteiger partial charge in [-0.05, 0) is 13.5 Å². The van der Waals surface area contributed by atoms with E-state index in [1.807, 2.05) is 14.0 Å². The normalized spacial score (nSPS) is 10.7. The highest BCUT2D eigenvalue weighted by atomic mass is 16.5. The van der Waals surface area contributed by atoms with Gasteiger partial charge in [0, 0.05) is 26.7 Å². The number of ether oxygens (including phenoxy) is 2. The predicted octanol–water partition coefficient (Wildman–Crippen LogP) is -0.0639. The maximum atomic E-state index is 5.39. The van der Waals surface area contributed by atoms with Gasteiger partial charge in [0.05, 0.1) is 13.2 Å². The fourth-order valence-corrected chi connectivity index (χ4v) is 1.48. The van der Waals surface area contributed by atoms with Crippen LogP contribution >= 0.6 is 0 Å². The summed E-state index contributed by atoms with van der Waals surface area (Å²) in [6, 6.07) is 0.259. The summed E-state index contributed by atoms with van der Waals surface area (Å²) in [6.45, 7) is 5.67. The van der Waals surface area contributed by atoms with Crippen molar-refractivity contribution in [2.75, 3.05) is 57.7 Å². The van der Waals surface area contributed by atoms with Gasteiger partial charge in [-0.3, -0.25) is 5.43 Å². The molecule has 0 radical (unpaired) electrons. The zero-order valence-corrected chi connectivity index (χ0v) is 12.9. The molecule has 4 N–H and O–H groups in total. The number of likely N-dealkylation sites (N-methyl/N-ethyl adjacent to an activating group) is 1. The zero-order chi connectivity index (χ0) is 15.5. The van der Waals surface area contributed by atoms with Gasteiger partial charge in [-0.1, -0.05) is 6.92 Å². The van der Waals surface area contributed by atoms with Crippen molar-refractivity contribution in [3.05, 3.63) is 0 Å². The van der Waals surface area contributed by atoms with E-state index in [1.54, 1.807) is 7.11 Å². The van der Waals surface area contributed by atoms with Crippen molar-refractivity contribution >= 4 is 11.9 Å². The van der Waals surface area contributed by atoms with E-state index in [4.69, 9.17) is 15.3 Å². The topological polar surface area (TPSA) is 110 Å². The third-order valence-electron chi connectivity index (χ3n) is 2.63. The molecular weight excluding hydrogens is 274 g/mol. The van der Waals surface area contributed by atoms with Crippen molar-refractivity contribution in [3.63, 3.8) is 0 Å². The number of anilines is 2. The first-order valence-electron chi connectivity index (χ1n) is 6.96. The maximum absolute atomic E-state index is 5.39. The van der Waals surface area contributed by atoms with E-state index < -0.39 is 0 Å². The van der Waals surface area contributed by atoms with Crippen molar-refractivity contribution < 1.29 is 9.47 Å². The molecule has 0 saturated heterocycles. The molecule has 0 unspecified atom stereocenters. The molecule has 0 saturated carbocycles. The van der Waals surface area contributed by atoms with Gasteiger partial charge >= 0.3 is 6.01 Å². The standard InChI is InChI=1S/C12H25N7O2/c1-4-8-21-12-16-10(15-11(17-12)18-13)14-5-6-19(2)7-9-20-3/h4-9,13H2,1-3H3,(H2,14,15,16,17,18). The molecule has 0 atom stereocenters. The molecule has 0 amide bonds. The van der Waals surface area contributed by atoms with Gasteiger partial charge in [-0.15, -0.1) is 0 Å². The lowest BCUT2D eigenvalue weighted by Crippen LogP contribution is -2.28. The Labute approximate surface area is 125 Å². The van der Waals surface area contributed by atoms with Crippen LogP contribution in [0.2, 0.25) is 0 Å². The lowest BCUT2D eigenvalue weighted by atomic mass is 10.5. The van der Waals surface area contributed by atoms with E-state index in [0.29, 0.717) is 25.7 Å². The van der Waals surface area contributed by atoms with E-state index in [-0.39, 0.29) is 12.0 Å². The molecule has 1 heterocycles. The molecule has 0 aliphatic carbocycles. The average Bonchev–Trinajstić information content (AvgIpc) is 2.50. The van der Waals surface area contributed by atoms with E-state index >= 15 is 0 Å². The number of rotatable bonds is 11. The molecule has 0 fully saturated rings. The summed E-state index contributed by atoms with van der Waals surface area (Å²) in [4.78, 5) is 14.5. The average molecular weight is 299 g/mol. The Bertz CT molecular complexity index is 405. The molecule has 1 rings (SSSR count). The second kappa shape index (κ2) is 10.1. The van der Waals surface area contributed by atoms with Gasteiger partial charge in [0.25, 0.3) is 0 Å². The Morgan fingerprint density at radius 1 is 1.14 bits per heavy atom. The molecule has 0 bridgehead atoms. The third-order valence-corrected chi connectivity index (χ3v) is 2.63. The van der Waals surface area contributed by atoms with E-state index in [0.717, 1.165) is 19.5 Å². The summed E-state index contributed by atoms with van der Waals surface area (Å²) >= 11 is 0. The maximum Gasteiger partial charge on any atom is 0.323 e. The van der Waals surface area contributed by atoms with Crippen LogP contribution in [0.3, 0.4) is 0 Å². The number of hydrogen-bond acceptors (Lipinski definition) is 9. The van der Waals surface area contributed by atoms with Gasteiger partial charge in [0.15, 0.2) is 0 Å². The molecule has 1 aromatic heterocycles. The summed E-state index contributed by atoms with van der Waals surface area (Å²) < 4.78 is 10.4. The van der Waals surface area contributed by atoms with Gasteiger partial charge < -0.3 is 19.7 Å². The minimum Gasteiger partial charge on any atom is -0.463 e. The molecule has 21 heavy (non-hydrogen) atoms. The largest absolute Gasteiger partial charge is 0.463 e. The van der Waals surface area contributed by atoms with Crippen LogP contribution in [0.5, 0.6) is 6.01 Å². The Kier molecular flexibility index (Phi) is 8.32. The van der Waals surface area contributed by atoms with Crippen LogP contribution in [0.1, 0.15) is 13.3 Å². The van der Waals surface area contributed by atoms with E-state index in [1.165, 1.54) is 0 Å². The van der Waals surface area contributed by atoms with Crippen molar-refractivity contribution in [3.8, 4) is 6.01 Å².